The number of nitrogens with zero attached hydrogens (tertiary/aromatic N) is 1. The van der Waals surface area contributed by atoms with Gasteiger partial charge in [0.2, 0.25) is 0 Å². The second-order valence-corrected chi connectivity index (χ2v) is 3.58. The quantitative estimate of drug-likeness (QED) is 0.732. The number of carbonyl (C=O) groups is 1. The number of benzene rings is 1. The molecule has 2 aromatic rings. The van der Waals surface area contributed by atoms with Crippen LogP contribution >= 0.6 is 11.6 Å². The zero-order valence-electron chi connectivity index (χ0n) is 8.03. The minimum atomic E-state index is 0.133. The summed E-state index contributed by atoms with van der Waals surface area (Å²) in [5, 5.41) is 3.83. The predicted octanol–water partition coefficient (Wildman–Crippen LogP) is 3.12. The van der Waals surface area contributed by atoms with Crippen molar-refractivity contribution in [2.75, 3.05) is 0 Å². The Morgan fingerprint density at radius 2 is 2.27 bits per heavy atom. The van der Waals surface area contributed by atoms with Crippen LogP contribution in [0.25, 0.3) is 11.3 Å². The molecule has 0 spiro atoms. The molecule has 0 aliphatic rings. The zero-order valence-corrected chi connectivity index (χ0v) is 8.78. The van der Waals surface area contributed by atoms with Gasteiger partial charge in [0.1, 0.15) is 5.02 Å². The van der Waals surface area contributed by atoms with Crippen molar-refractivity contribution < 1.29 is 9.32 Å². The van der Waals surface area contributed by atoms with Gasteiger partial charge in [-0.15, -0.1) is 0 Å². The van der Waals surface area contributed by atoms with Crippen molar-refractivity contribution in [1.29, 1.82) is 0 Å². The van der Waals surface area contributed by atoms with Crippen molar-refractivity contribution in [3.8, 4) is 11.3 Å². The SMILES string of the molecule is Cc1cccc(-c2onc(C=O)c2Cl)c1. The molecule has 4 heteroatoms. The minimum Gasteiger partial charge on any atom is -0.354 e. The van der Waals surface area contributed by atoms with Crippen LogP contribution < -0.4 is 0 Å². The molecule has 0 saturated heterocycles. The second kappa shape index (κ2) is 3.87. The van der Waals surface area contributed by atoms with Crippen LogP contribution in [-0.2, 0) is 0 Å². The first-order chi connectivity index (χ1) is 7.22. The van der Waals surface area contributed by atoms with Gasteiger partial charge < -0.3 is 4.52 Å². The summed E-state index contributed by atoms with van der Waals surface area (Å²) < 4.78 is 5.01. The molecule has 0 radical (unpaired) electrons. The predicted molar refractivity (Wildman–Crippen MR) is 57.1 cm³/mol. The molecule has 1 aromatic heterocycles. The number of halogens is 1. The van der Waals surface area contributed by atoms with Crippen LogP contribution in [0, 0.1) is 6.92 Å². The van der Waals surface area contributed by atoms with Gasteiger partial charge in [0, 0.05) is 5.56 Å². The Bertz CT molecular complexity index is 505. The minimum absolute atomic E-state index is 0.133. The number of rotatable bonds is 2. The van der Waals surface area contributed by atoms with Crippen LogP contribution in [0.2, 0.25) is 5.02 Å². The fourth-order valence-corrected chi connectivity index (χ4v) is 1.55. The van der Waals surface area contributed by atoms with Gasteiger partial charge in [-0.3, -0.25) is 4.79 Å². The summed E-state index contributed by atoms with van der Waals surface area (Å²) in [4.78, 5) is 10.5. The van der Waals surface area contributed by atoms with Gasteiger partial charge >= 0.3 is 0 Å². The number of aromatic nitrogens is 1. The number of hydrogen-bond acceptors (Lipinski definition) is 3. The molecule has 0 fully saturated rings. The van der Waals surface area contributed by atoms with Crippen LogP contribution in [0.1, 0.15) is 16.1 Å². The highest BCUT2D eigenvalue weighted by molar-refractivity contribution is 6.35. The first-order valence-corrected chi connectivity index (χ1v) is 4.77. The summed E-state index contributed by atoms with van der Waals surface area (Å²) >= 11 is 5.92. The number of hydrogen-bond donors (Lipinski definition) is 0. The van der Waals surface area contributed by atoms with Crippen LogP contribution in [0.4, 0.5) is 0 Å². The lowest BCUT2D eigenvalue weighted by atomic mass is 10.1. The van der Waals surface area contributed by atoms with Crippen molar-refractivity contribution in [2.24, 2.45) is 0 Å². The van der Waals surface area contributed by atoms with Gasteiger partial charge in [-0.05, 0) is 13.0 Å². The van der Waals surface area contributed by atoms with Crippen LogP contribution in [-0.4, -0.2) is 11.4 Å². The smallest absolute Gasteiger partial charge is 0.186 e. The van der Waals surface area contributed by atoms with Crippen LogP contribution in [0.3, 0.4) is 0 Å². The lowest BCUT2D eigenvalue weighted by Crippen LogP contribution is -1.79. The fraction of sp³-hybridized carbons (Fsp3) is 0.0909. The highest BCUT2D eigenvalue weighted by atomic mass is 35.5. The van der Waals surface area contributed by atoms with Gasteiger partial charge in [0.25, 0.3) is 0 Å². The van der Waals surface area contributed by atoms with E-state index >= 15 is 0 Å². The molecule has 3 nitrogen and oxygen atoms in total. The second-order valence-electron chi connectivity index (χ2n) is 3.20. The maximum Gasteiger partial charge on any atom is 0.186 e. The summed E-state index contributed by atoms with van der Waals surface area (Å²) in [6.45, 7) is 1.97. The summed E-state index contributed by atoms with van der Waals surface area (Å²) in [7, 11) is 0. The van der Waals surface area contributed by atoms with Gasteiger partial charge in [-0.25, -0.2) is 0 Å². The molecule has 15 heavy (non-hydrogen) atoms. The Morgan fingerprint density at radius 1 is 1.47 bits per heavy atom. The van der Waals surface area contributed by atoms with Crippen molar-refractivity contribution >= 4 is 17.9 Å². The first kappa shape index (κ1) is 9.93. The summed E-state index contributed by atoms with van der Waals surface area (Å²) in [6.07, 6.45) is 0.575. The van der Waals surface area contributed by atoms with E-state index in [4.69, 9.17) is 16.1 Å². The molecule has 0 unspecified atom stereocenters. The molecule has 0 aliphatic carbocycles. The lowest BCUT2D eigenvalue weighted by molar-refractivity contribution is 0.111. The Labute approximate surface area is 91.6 Å². The van der Waals surface area contributed by atoms with E-state index < -0.39 is 0 Å². The van der Waals surface area contributed by atoms with Gasteiger partial charge in [0.15, 0.2) is 17.7 Å². The van der Waals surface area contributed by atoms with Crippen molar-refractivity contribution in [1.82, 2.24) is 5.16 Å². The van der Waals surface area contributed by atoms with E-state index in [-0.39, 0.29) is 10.7 Å². The third-order valence-electron chi connectivity index (χ3n) is 2.05. The molecule has 76 valence electrons. The highest BCUT2D eigenvalue weighted by Gasteiger charge is 2.14. The molecule has 1 heterocycles. The van der Waals surface area contributed by atoms with E-state index in [1.807, 2.05) is 31.2 Å². The van der Waals surface area contributed by atoms with Crippen LogP contribution in [0.5, 0.6) is 0 Å². The molecular weight excluding hydrogens is 214 g/mol. The van der Waals surface area contributed by atoms with Gasteiger partial charge in [0.05, 0.1) is 0 Å². The van der Waals surface area contributed by atoms with Crippen molar-refractivity contribution in [2.45, 2.75) is 6.92 Å². The van der Waals surface area contributed by atoms with Crippen molar-refractivity contribution in [3.05, 3.63) is 40.5 Å². The van der Waals surface area contributed by atoms with Gasteiger partial charge in [-0.2, -0.15) is 0 Å². The Morgan fingerprint density at radius 3 is 2.87 bits per heavy atom. The monoisotopic (exact) mass is 221 g/mol. The zero-order chi connectivity index (χ0) is 10.8. The first-order valence-electron chi connectivity index (χ1n) is 4.40. The normalized spacial score (nSPS) is 10.3. The highest BCUT2D eigenvalue weighted by Crippen LogP contribution is 2.30. The maximum absolute atomic E-state index is 10.5. The van der Waals surface area contributed by atoms with E-state index in [9.17, 15) is 4.79 Å². The van der Waals surface area contributed by atoms with E-state index in [0.717, 1.165) is 11.1 Å². The third-order valence-corrected chi connectivity index (χ3v) is 2.42. The average molecular weight is 222 g/mol. The Hall–Kier alpha value is -1.61. The van der Waals surface area contributed by atoms with Gasteiger partial charge in [-0.1, -0.05) is 40.5 Å². The molecule has 0 bridgehead atoms. The van der Waals surface area contributed by atoms with E-state index in [1.54, 1.807) is 0 Å². The van der Waals surface area contributed by atoms with Crippen molar-refractivity contribution in [3.63, 3.8) is 0 Å². The molecule has 2 rings (SSSR count). The molecule has 0 aliphatic heterocycles. The lowest BCUT2D eigenvalue weighted by Gasteiger charge is -1.97. The fourth-order valence-electron chi connectivity index (χ4n) is 1.33. The Kier molecular flexibility index (Phi) is 2.56. The molecule has 0 saturated carbocycles. The Balaban J connectivity index is 2.54. The average Bonchev–Trinajstić information content (AvgIpc) is 2.59. The molecule has 0 atom stereocenters. The number of aldehydes is 1. The van der Waals surface area contributed by atoms with E-state index in [2.05, 4.69) is 5.16 Å². The number of aryl methyl sites for hydroxylation is 1. The molecule has 0 N–H and O–H groups in total. The molecule has 0 amide bonds. The molecular formula is C11H8ClNO2. The van der Waals surface area contributed by atoms with E-state index in [0.29, 0.717) is 12.0 Å². The standard InChI is InChI=1S/C11H8ClNO2/c1-7-3-2-4-8(5-7)11-10(12)9(6-14)13-15-11/h2-6H,1H3. The van der Waals surface area contributed by atoms with Crippen LogP contribution in [0.15, 0.2) is 28.8 Å². The number of carbonyl (C=O) groups excluding carboxylic acids is 1. The largest absolute Gasteiger partial charge is 0.354 e. The van der Waals surface area contributed by atoms with E-state index in [1.165, 1.54) is 0 Å². The topological polar surface area (TPSA) is 43.1 Å². The third kappa shape index (κ3) is 1.78. The maximum atomic E-state index is 10.5. The summed E-state index contributed by atoms with van der Waals surface area (Å²) in [6, 6.07) is 7.63. The summed E-state index contributed by atoms with van der Waals surface area (Å²) in [5.74, 6) is 0.433. The summed E-state index contributed by atoms with van der Waals surface area (Å²) in [5.41, 5.74) is 2.04. The molecule has 1 aromatic carbocycles.